The van der Waals surface area contributed by atoms with Gasteiger partial charge in [-0.25, -0.2) is 4.98 Å². The van der Waals surface area contributed by atoms with E-state index < -0.39 is 0 Å². The molecule has 1 aromatic heterocycles. The standard InChI is InChI=1S/C14H20N2O2/c1-13(2)11(14(13,3)4)12(17)16-10-7-6-9(18-5)8-15-10/h6-8,11H,1-5H3,(H,15,16,17). The van der Waals surface area contributed by atoms with Crippen molar-refractivity contribution in [1.82, 2.24) is 4.98 Å². The fourth-order valence-corrected chi connectivity index (χ4v) is 2.63. The molecule has 0 bridgehead atoms. The summed E-state index contributed by atoms with van der Waals surface area (Å²) in [5, 5.41) is 2.86. The predicted molar refractivity (Wildman–Crippen MR) is 70.5 cm³/mol. The third-order valence-corrected chi connectivity index (χ3v) is 4.51. The quantitative estimate of drug-likeness (QED) is 0.894. The minimum Gasteiger partial charge on any atom is -0.495 e. The Labute approximate surface area is 108 Å². The second-order valence-electron chi connectivity index (χ2n) is 5.95. The number of nitrogens with zero attached hydrogens (tertiary/aromatic N) is 1. The summed E-state index contributed by atoms with van der Waals surface area (Å²) in [6, 6.07) is 3.53. The third-order valence-electron chi connectivity index (χ3n) is 4.51. The fraction of sp³-hybridized carbons (Fsp3) is 0.571. The van der Waals surface area contributed by atoms with Crippen LogP contribution in [0.4, 0.5) is 5.82 Å². The van der Waals surface area contributed by atoms with Crippen LogP contribution in [-0.4, -0.2) is 18.0 Å². The van der Waals surface area contributed by atoms with Crippen molar-refractivity contribution in [3.63, 3.8) is 0 Å². The normalized spacial score (nSPS) is 20.3. The number of carbonyl (C=O) groups excluding carboxylic acids is 1. The second kappa shape index (κ2) is 3.97. The summed E-state index contributed by atoms with van der Waals surface area (Å²) in [6.45, 7) is 8.49. The van der Waals surface area contributed by atoms with Crippen molar-refractivity contribution in [2.45, 2.75) is 27.7 Å². The molecular formula is C14H20N2O2. The summed E-state index contributed by atoms with van der Waals surface area (Å²) in [7, 11) is 1.59. The lowest BCUT2D eigenvalue weighted by Crippen LogP contribution is -2.18. The second-order valence-corrected chi connectivity index (χ2v) is 5.95. The largest absolute Gasteiger partial charge is 0.495 e. The Morgan fingerprint density at radius 2 is 1.89 bits per heavy atom. The molecule has 0 aromatic carbocycles. The Morgan fingerprint density at radius 1 is 1.28 bits per heavy atom. The Hall–Kier alpha value is -1.58. The first-order valence-electron chi connectivity index (χ1n) is 6.11. The number of aromatic nitrogens is 1. The van der Waals surface area contributed by atoms with Gasteiger partial charge in [0.25, 0.3) is 0 Å². The zero-order valence-electron chi connectivity index (χ0n) is 11.6. The number of carbonyl (C=O) groups is 1. The molecule has 0 aliphatic heterocycles. The zero-order chi connectivity index (χ0) is 13.6. The van der Waals surface area contributed by atoms with E-state index in [1.165, 1.54) is 0 Å². The van der Waals surface area contributed by atoms with Crippen LogP contribution in [0.1, 0.15) is 27.7 Å². The van der Waals surface area contributed by atoms with Crippen LogP contribution in [0.2, 0.25) is 0 Å². The van der Waals surface area contributed by atoms with E-state index in [2.05, 4.69) is 38.0 Å². The number of amides is 1. The molecule has 1 fully saturated rings. The molecule has 0 atom stereocenters. The van der Waals surface area contributed by atoms with Crippen molar-refractivity contribution in [3.8, 4) is 5.75 Å². The van der Waals surface area contributed by atoms with Crippen LogP contribution in [-0.2, 0) is 4.79 Å². The molecule has 0 saturated heterocycles. The molecule has 4 heteroatoms. The molecule has 1 amide bonds. The van der Waals surface area contributed by atoms with E-state index in [4.69, 9.17) is 4.74 Å². The number of rotatable bonds is 3. The minimum absolute atomic E-state index is 0.0360. The monoisotopic (exact) mass is 248 g/mol. The average Bonchev–Trinajstić information content (AvgIpc) is 2.70. The van der Waals surface area contributed by atoms with Gasteiger partial charge in [-0.3, -0.25) is 4.79 Å². The highest BCUT2D eigenvalue weighted by atomic mass is 16.5. The highest BCUT2D eigenvalue weighted by Crippen LogP contribution is 2.68. The zero-order valence-corrected chi connectivity index (χ0v) is 11.6. The van der Waals surface area contributed by atoms with E-state index in [-0.39, 0.29) is 22.7 Å². The molecule has 1 N–H and O–H groups in total. The van der Waals surface area contributed by atoms with Gasteiger partial charge in [-0.05, 0) is 23.0 Å². The van der Waals surface area contributed by atoms with Crippen LogP contribution < -0.4 is 10.1 Å². The van der Waals surface area contributed by atoms with Crippen molar-refractivity contribution in [2.24, 2.45) is 16.7 Å². The molecule has 18 heavy (non-hydrogen) atoms. The van der Waals surface area contributed by atoms with E-state index in [1.54, 1.807) is 25.4 Å². The molecule has 0 unspecified atom stereocenters. The van der Waals surface area contributed by atoms with Crippen molar-refractivity contribution >= 4 is 11.7 Å². The number of anilines is 1. The minimum atomic E-state index is 0.0360. The number of pyridine rings is 1. The Kier molecular flexibility index (Phi) is 2.84. The molecule has 1 aliphatic rings. The SMILES string of the molecule is COc1ccc(NC(=O)C2C(C)(C)C2(C)C)nc1. The Balaban J connectivity index is 2.05. The van der Waals surface area contributed by atoms with Gasteiger partial charge in [-0.2, -0.15) is 0 Å². The number of methoxy groups -OCH3 is 1. The third kappa shape index (κ3) is 1.85. The Morgan fingerprint density at radius 3 is 2.28 bits per heavy atom. The van der Waals surface area contributed by atoms with Gasteiger partial charge in [-0.1, -0.05) is 27.7 Å². The van der Waals surface area contributed by atoms with Crippen LogP contribution in [0.15, 0.2) is 18.3 Å². The van der Waals surface area contributed by atoms with Crippen LogP contribution in [0.25, 0.3) is 0 Å². The van der Waals surface area contributed by atoms with Crippen LogP contribution in [0.3, 0.4) is 0 Å². The van der Waals surface area contributed by atoms with Gasteiger partial charge in [0.1, 0.15) is 11.6 Å². The summed E-state index contributed by atoms with van der Waals surface area (Å²) in [5.41, 5.74) is 0.0904. The van der Waals surface area contributed by atoms with Gasteiger partial charge >= 0.3 is 0 Å². The highest BCUT2D eigenvalue weighted by Gasteiger charge is 2.68. The van der Waals surface area contributed by atoms with Gasteiger partial charge in [-0.15, -0.1) is 0 Å². The van der Waals surface area contributed by atoms with Gasteiger partial charge in [0.2, 0.25) is 5.91 Å². The molecule has 1 saturated carbocycles. The lowest BCUT2D eigenvalue weighted by Gasteiger charge is -2.06. The maximum atomic E-state index is 12.2. The maximum absolute atomic E-state index is 12.2. The van der Waals surface area contributed by atoms with Crippen molar-refractivity contribution in [3.05, 3.63) is 18.3 Å². The van der Waals surface area contributed by atoms with Crippen LogP contribution in [0, 0.1) is 16.7 Å². The first-order chi connectivity index (χ1) is 8.30. The predicted octanol–water partition coefficient (Wildman–Crippen LogP) is 2.71. The lowest BCUT2D eigenvalue weighted by molar-refractivity contribution is -0.118. The van der Waals surface area contributed by atoms with E-state index in [9.17, 15) is 4.79 Å². The van der Waals surface area contributed by atoms with E-state index >= 15 is 0 Å². The van der Waals surface area contributed by atoms with Gasteiger partial charge < -0.3 is 10.1 Å². The fourth-order valence-electron chi connectivity index (χ4n) is 2.63. The molecular weight excluding hydrogens is 228 g/mol. The Bertz CT molecular complexity index is 449. The number of hydrogen-bond acceptors (Lipinski definition) is 3. The smallest absolute Gasteiger partial charge is 0.229 e. The number of nitrogens with one attached hydrogen (secondary N) is 1. The number of hydrogen-bond donors (Lipinski definition) is 1. The van der Waals surface area contributed by atoms with Crippen molar-refractivity contribution in [1.29, 1.82) is 0 Å². The topological polar surface area (TPSA) is 51.2 Å². The molecule has 1 heterocycles. The van der Waals surface area contributed by atoms with Gasteiger partial charge in [0, 0.05) is 5.92 Å². The maximum Gasteiger partial charge on any atom is 0.229 e. The van der Waals surface area contributed by atoms with E-state index in [0.29, 0.717) is 11.6 Å². The number of ether oxygens (including phenoxy) is 1. The molecule has 1 aromatic rings. The molecule has 0 spiro atoms. The molecule has 0 radical (unpaired) electrons. The van der Waals surface area contributed by atoms with Crippen molar-refractivity contribution < 1.29 is 9.53 Å². The molecule has 4 nitrogen and oxygen atoms in total. The van der Waals surface area contributed by atoms with E-state index in [0.717, 1.165) is 0 Å². The summed E-state index contributed by atoms with van der Waals surface area (Å²) in [6.07, 6.45) is 1.60. The summed E-state index contributed by atoms with van der Waals surface area (Å²) in [4.78, 5) is 16.3. The van der Waals surface area contributed by atoms with Crippen molar-refractivity contribution in [2.75, 3.05) is 12.4 Å². The van der Waals surface area contributed by atoms with Gasteiger partial charge in [0.15, 0.2) is 0 Å². The summed E-state index contributed by atoms with van der Waals surface area (Å²) >= 11 is 0. The van der Waals surface area contributed by atoms with Crippen LogP contribution >= 0.6 is 0 Å². The van der Waals surface area contributed by atoms with Gasteiger partial charge in [0.05, 0.1) is 13.3 Å². The first kappa shape index (κ1) is 12.9. The highest BCUT2D eigenvalue weighted by molar-refractivity contribution is 5.95. The van der Waals surface area contributed by atoms with Crippen LogP contribution in [0.5, 0.6) is 5.75 Å². The first-order valence-corrected chi connectivity index (χ1v) is 6.11. The molecule has 2 rings (SSSR count). The summed E-state index contributed by atoms with van der Waals surface area (Å²) in [5.74, 6) is 1.33. The molecule has 98 valence electrons. The molecule has 1 aliphatic carbocycles. The van der Waals surface area contributed by atoms with E-state index in [1.807, 2.05) is 0 Å². The lowest BCUT2D eigenvalue weighted by atomic mass is 10.0. The summed E-state index contributed by atoms with van der Waals surface area (Å²) < 4.78 is 5.02. The average molecular weight is 248 g/mol.